The van der Waals surface area contributed by atoms with Crippen LogP contribution in [0.15, 0.2) is 29.2 Å². The first-order valence-corrected chi connectivity index (χ1v) is 7.00. The van der Waals surface area contributed by atoms with Crippen molar-refractivity contribution in [3.8, 4) is 0 Å². The van der Waals surface area contributed by atoms with Crippen molar-refractivity contribution in [1.82, 2.24) is 0 Å². The molecule has 0 saturated heterocycles. The summed E-state index contributed by atoms with van der Waals surface area (Å²) in [5.41, 5.74) is 0.348. The summed E-state index contributed by atoms with van der Waals surface area (Å²) in [6.07, 6.45) is -0.270. The Balaban J connectivity index is 3.17. The smallest absolute Gasteiger partial charge is 0.307 e. The molecule has 0 amide bonds. The van der Waals surface area contributed by atoms with E-state index < -0.39 is 15.8 Å². The van der Waals surface area contributed by atoms with Gasteiger partial charge in [0.15, 0.2) is 9.84 Å². The lowest BCUT2D eigenvalue weighted by Gasteiger charge is -2.10. The number of aliphatic carboxylic acids is 1. The van der Waals surface area contributed by atoms with Crippen molar-refractivity contribution in [1.29, 1.82) is 0 Å². The van der Waals surface area contributed by atoms with Crippen LogP contribution in [0.1, 0.15) is 19.4 Å². The summed E-state index contributed by atoms with van der Waals surface area (Å²) < 4.78 is 24.1. The average molecular weight is 256 g/mol. The van der Waals surface area contributed by atoms with Crippen molar-refractivity contribution in [3.63, 3.8) is 0 Å². The Morgan fingerprint density at radius 2 is 1.88 bits per heavy atom. The minimum atomic E-state index is -3.40. The molecule has 0 radical (unpaired) electrons. The summed E-state index contributed by atoms with van der Waals surface area (Å²) in [4.78, 5) is 10.8. The van der Waals surface area contributed by atoms with Gasteiger partial charge in [0.25, 0.3) is 0 Å². The van der Waals surface area contributed by atoms with Gasteiger partial charge in [0.1, 0.15) is 0 Å². The number of benzene rings is 1. The second-order valence-electron chi connectivity index (χ2n) is 4.35. The first-order valence-electron chi connectivity index (χ1n) is 5.35. The van der Waals surface area contributed by atoms with E-state index in [1.807, 2.05) is 13.8 Å². The normalized spacial score (nSPS) is 11.7. The molecule has 1 aromatic rings. The van der Waals surface area contributed by atoms with Crippen molar-refractivity contribution in [2.45, 2.75) is 25.2 Å². The molecule has 5 heteroatoms. The first kappa shape index (κ1) is 13.7. The predicted molar refractivity (Wildman–Crippen MR) is 64.7 cm³/mol. The highest BCUT2D eigenvalue weighted by atomic mass is 32.2. The van der Waals surface area contributed by atoms with Crippen molar-refractivity contribution in [2.75, 3.05) is 5.75 Å². The van der Waals surface area contributed by atoms with Crippen LogP contribution in [0.25, 0.3) is 0 Å². The predicted octanol–water partition coefficient (Wildman–Crippen LogP) is 1.74. The lowest BCUT2D eigenvalue weighted by atomic mass is 10.1. The van der Waals surface area contributed by atoms with Crippen LogP contribution in [-0.4, -0.2) is 25.2 Å². The van der Waals surface area contributed by atoms with Crippen molar-refractivity contribution in [3.05, 3.63) is 29.8 Å². The molecule has 1 N–H and O–H groups in total. The zero-order chi connectivity index (χ0) is 13.1. The molecule has 17 heavy (non-hydrogen) atoms. The fourth-order valence-electron chi connectivity index (χ4n) is 1.64. The Kier molecular flexibility index (Phi) is 4.28. The second-order valence-corrected chi connectivity index (χ2v) is 6.36. The maximum Gasteiger partial charge on any atom is 0.307 e. The van der Waals surface area contributed by atoms with Crippen LogP contribution in [0.4, 0.5) is 0 Å². The van der Waals surface area contributed by atoms with Gasteiger partial charge in [-0.15, -0.1) is 0 Å². The highest BCUT2D eigenvalue weighted by Crippen LogP contribution is 2.19. The lowest BCUT2D eigenvalue weighted by Crippen LogP contribution is -2.15. The van der Waals surface area contributed by atoms with Crippen LogP contribution in [0.2, 0.25) is 0 Å². The van der Waals surface area contributed by atoms with Gasteiger partial charge in [-0.05, 0) is 17.5 Å². The molecule has 0 aliphatic carbocycles. The van der Waals surface area contributed by atoms with Crippen LogP contribution in [0.3, 0.4) is 0 Å². The zero-order valence-electron chi connectivity index (χ0n) is 9.88. The Morgan fingerprint density at radius 1 is 1.29 bits per heavy atom. The number of hydrogen-bond acceptors (Lipinski definition) is 3. The van der Waals surface area contributed by atoms with Crippen LogP contribution >= 0.6 is 0 Å². The Morgan fingerprint density at radius 3 is 2.41 bits per heavy atom. The van der Waals surface area contributed by atoms with Gasteiger partial charge >= 0.3 is 5.97 Å². The fourth-order valence-corrected chi connectivity index (χ4v) is 3.53. The zero-order valence-corrected chi connectivity index (χ0v) is 10.7. The van der Waals surface area contributed by atoms with E-state index in [0.29, 0.717) is 5.56 Å². The number of carboxylic acid groups (broad SMARTS) is 1. The summed E-state index contributed by atoms with van der Waals surface area (Å²) in [7, 11) is -3.40. The molecular weight excluding hydrogens is 240 g/mol. The minimum Gasteiger partial charge on any atom is -0.481 e. The molecule has 0 saturated carbocycles. The third-order valence-electron chi connectivity index (χ3n) is 2.20. The summed E-state index contributed by atoms with van der Waals surface area (Å²) in [5.74, 6) is -0.987. The first-order chi connectivity index (χ1) is 7.83. The maximum absolute atomic E-state index is 12.1. The van der Waals surface area contributed by atoms with Crippen LogP contribution in [0, 0.1) is 5.92 Å². The number of sulfone groups is 1. The van der Waals surface area contributed by atoms with Gasteiger partial charge in [-0.3, -0.25) is 4.79 Å². The standard InChI is InChI=1S/C12H16O4S/c1-9(2)8-17(15,16)11-6-4-3-5-10(11)7-12(13)14/h3-6,9H,7-8H2,1-2H3,(H,13,14). The summed E-state index contributed by atoms with van der Waals surface area (Å²) in [6, 6.07) is 6.27. The number of hydrogen-bond donors (Lipinski definition) is 1. The van der Waals surface area contributed by atoms with Gasteiger partial charge in [0.05, 0.1) is 17.1 Å². The SMILES string of the molecule is CC(C)CS(=O)(=O)c1ccccc1CC(=O)O. The molecule has 0 aromatic heterocycles. The van der Waals surface area contributed by atoms with E-state index in [4.69, 9.17) is 5.11 Å². The molecule has 0 unspecified atom stereocenters. The van der Waals surface area contributed by atoms with Crippen molar-refractivity contribution >= 4 is 15.8 Å². The highest BCUT2D eigenvalue weighted by molar-refractivity contribution is 7.91. The third kappa shape index (κ3) is 3.85. The fraction of sp³-hybridized carbons (Fsp3) is 0.417. The highest BCUT2D eigenvalue weighted by Gasteiger charge is 2.20. The maximum atomic E-state index is 12.1. The van der Waals surface area contributed by atoms with Gasteiger partial charge in [0.2, 0.25) is 0 Å². The van der Waals surface area contributed by atoms with Gasteiger partial charge in [-0.25, -0.2) is 8.42 Å². The van der Waals surface area contributed by atoms with Crippen molar-refractivity contribution in [2.24, 2.45) is 5.92 Å². The quantitative estimate of drug-likeness (QED) is 0.871. The van der Waals surface area contributed by atoms with Gasteiger partial charge in [0, 0.05) is 0 Å². The van der Waals surface area contributed by atoms with Gasteiger partial charge in [-0.1, -0.05) is 32.0 Å². The largest absolute Gasteiger partial charge is 0.481 e. The second kappa shape index (κ2) is 5.31. The number of carbonyl (C=O) groups is 1. The summed E-state index contributed by atoms with van der Waals surface area (Å²) in [5, 5.41) is 8.74. The summed E-state index contributed by atoms with van der Waals surface area (Å²) in [6.45, 7) is 3.63. The topological polar surface area (TPSA) is 71.4 Å². The Hall–Kier alpha value is -1.36. The molecule has 0 aliphatic rings. The van der Waals surface area contributed by atoms with Crippen LogP contribution in [0.5, 0.6) is 0 Å². The Labute approximate surface area is 101 Å². The molecule has 0 spiro atoms. The monoisotopic (exact) mass is 256 g/mol. The van der Waals surface area contributed by atoms with E-state index in [0.717, 1.165) is 0 Å². The van der Waals surface area contributed by atoms with Crippen LogP contribution < -0.4 is 0 Å². The number of carboxylic acids is 1. The molecule has 94 valence electrons. The average Bonchev–Trinajstić information content (AvgIpc) is 2.15. The van der Waals surface area contributed by atoms with E-state index in [1.165, 1.54) is 6.07 Å². The van der Waals surface area contributed by atoms with E-state index in [9.17, 15) is 13.2 Å². The van der Waals surface area contributed by atoms with E-state index in [2.05, 4.69) is 0 Å². The van der Waals surface area contributed by atoms with Gasteiger partial charge in [-0.2, -0.15) is 0 Å². The summed E-state index contributed by atoms with van der Waals surface area (Å²) >= 11 is 0. The minimum absolute atomic E-state index is 0.0119. The molecule has 0 atom stereocenters. The molecule has 4 nitrogen and oxygen atoms in total. The molecule has 0 bridgehead atoms. The lowest BCUT2D eigenvalue weighted by molar-refractivity contribution is -0.136. The molecule has 0 fully saturated rings. The molecule has 0 aliphatic heterocycles. The molecule has 0 heterocycles. The van der Waals surface area contributed by atoms with Crippen LogP contribution in [-0.2, 0) is 21.1 Å². The van der Waals surface area contributed by atoms with E-state index in [-0.39, 0.29) is 23.0 Å². The third-order valence-corrected chi connectivity index (χ3v) is 4.38. The molecule has 1 aromatic carbocycles. The number of rotatable bonds is 5. The molecular formula is C12H16O4S. The van der Waals surface area contributed by atoms with Crippen molar-refractivity contribution < 1.29 is 18.3 Å². The Bertz CT molecular complexity index is 503. The molecule has 1 rings (SSSR count). The van der Waals surface area contributed by atoms with E-state index >= 15 is 0 Å². The van der Waals surface area contributed by atoms with E-state index in [1.54, 1.807) is 18.2 Å². The van der Waals surface area contributed by atoms with Gasteiger partial charge < -0.3 is 5.11 Å².